The van der Waals surface area contributed by atoms with E-state index in [0.29, 0.717) is 25.6 Å². The summed E-state index contributed by atoms with van der Waals surface area (Å²) in [4.78, 5) is 25.3. The zero-order valence-electron chi connectivity index (χ0n) is 13.2. The van der Waals surface area contributed by atoms with Gasteiger partial charge in [0.25, 0.3) is 0 Å². The summed E-state index contributed by atoms with van der Waals surface area (Å²) in [6.45, 7) is 5.41. The van der Waals surface area contributed by atoms with Gasteiger partial charge < -0.3 is 15.3 Å². The molecule has 2 rings (SSSR count). The third-order valence-corrected chi connectivity index (χ3v) is 4.97. The van der Waals surface area contributed by atoms with E-state index in [-0.39, 0.29) is 17.7 Å². The van der Waals surface area contributed by atoms with Crippen LogP contribution in [0.4, 0.5) is 0 Å². The van der Waals surface area contributed by atoms with Crippen LogP contribution in [-0.4, -0.2) is 47.1 Å². The normalized spacial score (nSPS) is 31.0. The zero-order valence-corrected chi connectivity index (χ0v) is 13.2. The third kappa shape index (κ3) is 4.43. The van der Waals surface area contributed by atoms with E-state index in [0.717, 1.165) is 32.1 Å². The Kier molecular flexibility index (Phi) is 5.25. The minimum atomic E-state index is -0.729. The zero-order chi connectivity index (χ0) is 15.5. The molecule has 2 atom stereocenters. The third-order valence-electron chi connectivity index (χ3n) is 4.97. The van der Waals surface area contributed by atoms with Crippen LogP contribution in [0.1, 0.15) is 52.4 Å². The van der Waals surface area contributed by atoms with Crippen molar-refractivity contribution in [3.8, 4) is 0 Å². The second-order valence-electron chi connectivity index (χ2n) is 6.92. The van der Waals surface area contributed by atoms with Crippen LogP contribution in [0.15, 0.2) is 0 Å². The lowest BCUT2D eigenvalue weighted by Gasteiger charge is -2.36. The fourth-order valence-electron chi connectivity index (χ4n) is 3.65. The number of carbonyl (C=O) groups is 2. The Hall–Kier alpha value is -1.10. The number of carbonyl (C=O) groups excluding carboxylic acids is 2. The molecule has 2 amide bonds. The predicted molar refractivity (Wildman–Crippen MR) is 80.6 cm³/mol. The molecule has 120 valence electrons. The van der Waals surface area contributed by atoms with Crippen molar-refractivity contribution in [2.45, 2.75) is 58.0 Å². The first-order valence-electron chi connectivity index (χ1n) is 8.15. The first-order valence-corrected chi connectivity index (χ1v) is 8.15. The Bertz CT molecular complexity index is 391. The minimum Gasteiger partial charge on any atom is -0.388 e. The summed E-state index contributed by atoms with van der Waals surface area (Å²) >= 11 is 0. The van der Waals surface area contributed by atoms with Crippen molar-refractivity contribution in [1.82, 2.24) is 10.2 Å². The summed E-state index contributed by atoms with van der Waals surface area (Å²) in [7, 11) is 0. The molecular weight excluding hydrogens is 268 g/mol. The highest BCUT2D eigenvalue weighted by Gasteiger charge is 2.34. The van der Waals surface area contributed by atoms with E-state index in [1.807, 2.05) is 0 Å². The lowest BCUT2D eigenvalue weighted by molar-refractivity contribution is -0.134. The number of nitrogens with zero attached hydrogens (tertiary/aromatic N) is 1. The van der Waals surface area contributed by atoms with Crippen LogP contribution >= 0.6 is 0 Å². The number of hydrogen-bond acceptors (Lipinski definition) is 3. The summed E-state index contributed by atoms with van der Waals surface area (Å²) in [6, 6.07) is 0. The average Bonchev–Trinajstić information content (AvgIpc) is 2.45. The monoisotopic (exact) mass is 296 g/mol. The molecule has 0 aromatic carbocycles. The number of aliphatic hydroxyl groups is 1. The second-order valence-corrected chi connectivity index (χ2v) is 6.92. The van der Waals surface area contributed by atoms with Crippen molar-refractivity contribution in [2.75, 3.05) is 19.6 Å². The van der Waals surface area contributed by atoms with Crippen molar-refractivity contribution >= 4 is 11.8 Å². The first kappa shape index (κ1) is 16.3. The molecule has 2 fully saturated rings. The number of amides is 2. The molecule has 21 heavy (non-hydrogen) atoms. The Balaban J connectivity index is 1.76. The second kappa shape index (κ2) is 6.77. The van der Waals surface area contributed by atoms with E-state index < -0.39 is 5.60 Å². The van der Waals surface area contributed by atoms with E-state index in [4.69, 9.17) is 0 Å². The maximum atomic E-state index is 12.2. The molecule has 5 heteroatoms. The molecule has 1 aliphatic carbocycles. The van der Waals surface area contributed by atoms with Crippen LogP contribution < -0.4 is 5.32 Å². The Morgan fingerprint density at radius 1 is 1.29 bits per heavy atom. The SMILES string of the molecule is CC(=O)N1CCC(C(=O)NCC2(O)CCCC(C)C2)CC1. The van der Waals surface area contributed by atoms with Gasteiger partial charge in [-0.2, -0.15) is 0 Å². The fourth-order valence-corrected chi connectivity index (χ4v) is 3.65. The van der Waals surface area contributed by atoms with E-state index in [1.165, 1.54) is 6.42 Å². The van der Waals surface area contributed by atoms with Crippen molar-refractivity contribution in [2.24, 2.45) is 11.8 Å². The topological polar surface area (TPSA) is 69.6 Å². The van der Waals surface area contributed by atoms with Crippen LogP contribution in [0.2, 0.25) is 0 Å². The molecule has 0 spiro atoms. The highest BCUT2D eigenvalue weighted by Crippen LogP contribution is 2.31. The molecule has 1 saturated carbocycles. The van der Waals surface area contributed by atoms with E-state index >= 15 is 0 Å². The van der Waals surface area contributed by atoms with Gasteiger partial charge in [-0.1, -0.05) is 19.8 Å². The molecule has 2 N–H and O–H groups in total. The number of nitrogens with one attached hydrogen (secondary N) is 1. The Morgan fingerprint density at radius 3 is 2.52 bits per heavy atom. The number of hydrogen-bond donors (Lipinski definition) is 2. The molecule has 1 heterocycles. The van der Waals surface area contributed by atoms with Crippen molar-refractivity contribution in [3.05, 3.63) is 0 Å². The first-order chi connectivity index (χ1) is 9.89. The van der Waals surface area contributed by atoms with Crippen LogP contribution in [0.5, 0.6) is 0 Å². The Morgan fingerprint density at radius 2 is 1.95 bits per heavy atom. The molecule has 5 nitrogen and oxygen atoms in total. The molecule has 0 radical (unpaired) electrons. The van der Waals surface area contributed by atoms with Gasteiger partial charge in [-0.25, -0.2) is 0 Å². The van der Waals surface area contributed by atoms with Gasteiger partial charge in [-0.15, -0.1) is 0 Å². The van der Waals surface area contributed by atoms with Crippen molar-refractivity contribution < 1.29 is 14.7 Å². The van der Waals surface area contributed by atoms with Crippen LogP contribution in [0.3, 0.4) is 0 Å². The van der Waals surface area contributed by atoms with Gasteiger partial charge in [0.1, 0.15) is 0 Å². The number of likely N-dealkylation sites (tertiary alicyclic amines) is 1. The minimum absolute atomic E-state index is 0.0229. The maximum Gasteiger partial charge on any atom is 0.223 e. The summed E-state index contributed by atoms with van der Waals surface area (Å²) in [5.41, 5.74) is -0.729. The van der Waals surface area contributed by atoms with E-state index in [9.17, 15) is 14.7 Å². The van der Waals surface area contributed by atoms with E-state index in [2.05, 4.69) is 12.2 Å². The van der Waals surface area contributed by atoms with Gasteiger partial charge in [0.2, 0.25) is 11.8 Å². The molecule has 0 bridgehead atoms. The molecule has 0 aromatic rings. The summed E-state index contributed by atoms with van der Waals surface area (Å²) in [6.07, 6.45) is 5.20. The fraction of sp³-hybridized carbons (Fsp3) is 0.875. The lowest BCUT2D eigenvalue weighted by Crippen LogP contribution is -2.48. The molecule has 1 aliphatic heterocycles. The molecule has 0 aromatic heterocycles. The lowest BCUT2D eigenvalue weighted by atomic mass is 9.79. The number of rotatable bonds is 3. The van der Waals surface area contributed by atoms with Crippen molar-refractivity contribution in [3.63, 3.8) is 0 Å². The quantitative estimate of drug-likeness (QED) is 0.825. The maximum absolute atomic E-state index is 12.2. The van der Waals surface area contributed by atoms with Gasteiger partial charge in [0, 0.05) is 32.5 Å². The average molecular weight is 296 g/mol. The van der Waals surface area contributed by atoms with Gasteiger partial charge in [0.15, 0.2) is 0 Å². The van der Waals surface area contributed by atoms with E-state index in [1.54, 1.807) is 11.8 Å². The highest BCUT2D eigenvalue weighted by molar-refractivity contribution is 5.79. The van der Waals surface area contributed by atoms with Gasteiger partial charge in [-0.05, 0) is 31.6 Å². The van der Waals surface area contributed by atoms with Crippen molar-refractivity contribution in [1.29, 1.82) is 0 Å². The van der Waals surface area contributed by atoms with Gasteiger partial charge >= 0.3 is 0 Å². The van der Waals surface area contributed by atoms with Gasteiger partial charge in [0.05, 0.1) is 5.60 Å². The largest absolute Gasteiger partial charge is 0.388 e. The smallest absolute Gasteiger partial charge is 0.223 e. The van der Waals surface area contributed by atoms with Crippen LogP contribution in [0.25, 0.3) is 0 Å². The summed E-state index contributed by atoms with van der Waals surface area (Å²) in [5.74, 6) is 0.619. The molecular formula is C16H28N2O3. The molecule has 2 aliphatic rings. The predicted octanol–water partition coefficient (Wildman–Crippen LogP) is 1.30. The summed E-state index contributed by atoms with van der Waals surface area (Å²) < 4.78 is 0. The van der Waals surface area contributed by atoms with Crippen LogP contribution in [0, 0.1) is 11.8 Å². The standard InChI is InChI=1S/C16H28N2O3/c1-12-4-3-7-16(21,10-12)11-17-15(20)14-5-8-18(9-6-14)13(2)19/h12,14,21H,3-11H2,1-2H3,(H,17,20). The number of piperidine rings is 1. The molecule has 1 saturated heterocycles. The Labute approximate surface area is 127 Å². The highest BCUT2D eigenvalue weighted by atomic mass is 16.3. The van der Waals surface area contributed by atoms with Gasteiger partial charge in [-0.3, -0.25) is 9.59 Å². The molecule has 2 unspecified atom stereocenters. The van der Waals surface area contributed by atoms with Crippen LogP contribution in [-0.2, 0) is 9.59 Å². The summed E-state index contributed by atoms with van der Waals surface area (Å²) in [5, 5.41) is 13.5.